The van der Waals surface area contributed by atoms with Gasteiger partial charge in [-0.15, -0.1) is 0 Å². The summed E-state index contributed by atoms with van der Waals surface area (Å²) in [7, 11) is 1.59. The van der Waals surface area contributed by atoms with Crippen molar-refractivity contribution >= 4 is 17.5 Å². The lowest BCUT2D eigenvalue weighted by Crippen LogP contribution is -2.48. The number of anilines is 2. The number of nitrogen functional groups attached to an aromatic ring is 1. The SMILES string of the molecule is COCc1nc(NN)cc(N2CCN(C(C)=O)CC2)n1. The van der Waals surface area contributed by atoms with Crippen molar-refractivity contribution in [2.45, 2.75) is 13.5 Å². The average Bonchev–Trinajstić information content (AvgIpc) is 2.47. The Kier molecular flexibility index (Phi) is 4.70. The van der Waals surface area contributed by atoms with Gasteiger partial charge in [0.15, 0.2) is 5.82 Å². The number of hydrogen-bond acceptors (Lipinski definition) is 7. The van der Waals surface area contributed by atoms with Gasteiger partial charge in [0, 0.05) is 46.3 Å². The Morgan fingerprint density at radius 1 is 1.40 bits per heavy atom. The van der Waals surface area contributed by atoms with Crippen LogP contribution in [0.25, 0.3) is 0 Å². The van der Waals surface area contributed by atoms with Crippen molar-refractivity contribution in [3.05, 3.63) is 11.9 Å². The van der Waals surface area contributed by atoms with Crippen LogP contribution in [0.2, 0.25) is 0 Å². The Hall–Kier alpha value is -1.93. The molecule has 0 aliphatic carbocycles. The number of nitrogens with two attached hydrogens (primary N) is 1. The summed E-state index contributed by atoms with van der Waals surface area (Å²) in [6.07, 6.45) is 0. The van der Waals surface area contributed by atoms with Crippen LogP contribution < -0.4 is 16.2 Å². The maximum atomic E-state index is 11.3. The summed E-state index contributed by atoms with van der Waals surface area (Å²) < 4.78 is 5.05. The molecule has 8 heteroatoms. The highest BCUT2D eigenvalue weighted by molar-refractivity contribution is 5.73. The van der Waals surface area contributed by atoms with Gasteiger partial charge < -0.3 is 20.0 Å². The van der Waals surface area contributed by atoms with E-state index in [1.54, 1.807) is 20.1 Å². The van der Waals surface area contributed by atoms with Gasteiger partial charge >= 0.3 is 0 Å². The van der Waals surface area contributed by atoms with E-state index in [1.807, 2.05) is 4.90 Å². The van der Waals surface area contributed by atoms with Gasteiger partial charge in [-0.3, -0.25) is 4.79 Å². The Morgan fingerprint density at radius 3 is 2.65 bits per heavy atom. The van der Waals surface area contributed by atoms with Crippen LogP contribution in [0.1, 0.15) is 12.7 Å². The molecule has 110 valence electrons. The molecular weight excluding hydrogens is 260 g/mol. The van der Waals surface area contributed by atoms with E-state index in [1.165, 1.54) is 0 Å². The monoisotopic (exact) mass is 280 g/mol. The summed E-state index contributed by atoms with van der Waals surface area (Å²) in [5.74, 6) is 7.45. The van der Waals surface area contributed by atoms with Crippen LogP contribution >= 0.6 is 0 Å². The molecule has 1 aliphatic rings. The quantitative estimate of drug-likeness (QED) is 0.571. The Bertz CT molecular complexity index is 473. The van der Waals surface area contributed by atoms with Gasteiger partial charge in [0.25, 0.3) is 0 Å². The first-order valence-electron chi connectivity index (χ1n) is 6.48. The number of piperazine rings is 1. The molecular formula is C12H20N6O2. The van der Waals surface area contributed by atoms with Gasteiger partial charge in [-0.2, -0.15) is 0 Å². The minimum Gasteiger partial charge on any atom is -0.377 e. The van der Waals surface area contributed by atoms with E-state index < -0.39 is 0 Å². The van der Waals surface area contributed by atoms with Crippen molar-refractivity contribution in [1.82, 2.24) is 14.9 Å². The van der Waals surface area contributed by atoms with Gasteiger partial charge in [-0.05, 0) is 0 Å². The second-order valence-corrected chi connectivity index (χ2v) is 4.60. The van der Waals surface area contributed by atoms with Crippen molar-refractivity contribution in [1.29, 1.82) is 0 Å². The van der Waals surface area contributed by atoms with E-state index in [0.717, 1.165) is 18.9 Å². The summed E-state index contributed by atoms with van der Waals surface area (Å²) in [6, 6.07) is 1.79. The van der Waals surface area contributed by atoms with E-state index in [4.69, 9.17) is 10.6 Å². The topological polar surface area (TPSA) is 96.6 Å². The number of aromatic nitrogens is 2. The lowest BCUT2D eigenvalue weighted by molar-refractivity contribution is -0.129. The summed E-state index contributed by atoms with van der Waals surface area (Å²) in [5.41, 5.74) is 2.53. The molecule has 1 aromatic heterocycles. The number of amides is 1. The molecule has 0 aromatic carbocycles. The van der Waals surface area contributed by atoms with E-state index >= 15 is 0 Å². The van der Waals surface area contributed by atoms with Crippen LogP contribution in [0, 0.1) is 0 Å². The Balaban J connectivity index is 2.12. The van der Waals surface area contributed by atoms with Gasteiger partial charge in [-0.1, -0.05) is 0 Å². The highest BCUT2D eigenvalue weighted by Crippen LogP contribution is 2.17. The van der Waals surface area contributed by atoms with Crippen LogP contribution in [0.5, 0.6) is 0 Å². The van der Waals surface area contributed by atoms with Crippen LogP contribution in [0.4, 0.5) is 11.6 Å². The standard InChI is InChI=1S/C12H20N6O2/c1-9(19)17-3-5-18(6-4-17)12-7-10(16-13)14-11(15-12)8-20-2/h7H,3-6,8,13H2,1-2H3,(H,14,15,16). The molecule has 0 saturated carbocycles. The minimum absolute atomic E-state index is 0.108. The Labute approximate surface area is 117 Å². The first-order chi connectivity index (χ1) is 9.63. The maximum absolute atomic E-state index is 11.3. The van der Waals surface area contributed by atoms with E-state index in [-0.39, 0.29) is 5.91 Å². The Morgan fingerprint density at radius 2 is 2.10 bits per heavy atom. The number of rotatable bonds is 4. The molecule has 1 amide bonds. The summed E-state index contributed by atoms with van der Waals surface area (Å²) in [6.45, 7) is 4.80. The highest BCUT2D eigenvalue weighted by atomic mass is 16.5. The molecule has 20 heavy (non-hydrogen) atoms. The second kappa shape index (κ2) is 6.49. The molecule has 1 saturated heterocycles. The van der Waals surface area contributed by atoms with E-state index in [0.29, 0.717) is 31.3 Å². The second-order valence-electron chi connectivity index (χ2n) is 4.60. The smallest absolute Gasteiger partial charge is 0.219 e. The lowest BCUT2D eigenvalue weighted by Gasteiger charge is -2.35. The molecule has 1 aliphatic heterocycles. The van der Waals surface area contributed by atoms with Crippen molar-refractivity contribution in [2.24, 2.45) is 5.84 Å². The predicted molar refractivity (Wildman–Crippen MR) is 75.0 cm³/mol. The van der Waals surface area contributed by atoms with Crippen molar-refractivity contribution in [3.63, 3.8) is 0 Å². The zero-order valence-corrected chi connectivity index (χ0v) is 11.8. The number of ether oxygens (including phenoxy) is 1. The number of carbonyl (C=O) groups is 1. The molecule has 1 aromatic rings. The van der Waals surface area contributed by atoms with Gasteiger partial charge in [0.05, 0.1) is 0 Å². The third kappa shape index (κ3) is 3.34. The minimum atomic E-state index is 0.108. The van der Waals surface area contributed by atoms with Crippen molar-refractivity contribution in [3.8, 4) is 0 Å². The van der Waals surface area contributed by atoms with E-state index in [9.17, 15) is 4.79 Å². The number of nitrogens with zero attached hydrogens (tertiary/aromatic N) is 4. The van der Waals surface area contributed by atoms with Gasteiger partial charge in [0.2, 0.25) is 5.91 Å². The number of methoxy groups -OCH3 is 1. The van der Waals surface area contributed by atoms with Gasteiger partial charge in [-0.25, -0.2) is 15.8 Å². The summed E-state index contributed by atoms with van der Waals surface area (Å²) in [5, 5.41) is 0. The van der Waals surface area contributed by atoms with Crippen LogP contribution in [-0.2, 0) is 16.1 Å². The number of nitrogens with one attached hydrogen (secondary N) is 1. The third-order valence-corrected chi connectivity index (χ3v) is 3.23. The molecule has 2 heterocycles. The molecule has 0 unspecified atom stereocenters. The maximum Gasteiger partial charge on any atom is 0.219 e. The fourth-order valence-electron chi connectivity index (χ4n) is 2.16. The molecule has 2 rings (SSSR count). The number of hydrogen-bond donors (Lipinski definition) is 2. The average molecular weight is 280 g/mol. The summed E-state index contributed by atoms with van der Waals surface area (Å²) >= 11 is 0. The highest BCUT2D eigenvalue weighted by Gasteiger charge is 2.20. The van der Waals surface area contributed by atoms with Gasteiger partial charge in [0.1, 0.15) is 18.2 Å². The predicted octanol–water partition coefficient (Wildman–Crippen LogP) is -0.423. The number of carbonyl (C=O) groups excluding carboxylic acids is 1. The number of hydrazine groups is 1. The molecule has 1 fully saturated rings. The largest absolute Gasteiger partial charge is 0.377 e. The molecule has 0 spiro atoms. The third-order valence-electron chi connectivity index (χ3n) is 3.23. The van der Waals surface area contributed by atoms with E-state index in [2.05, 4.69) is 20.3 Å². The first-order valence-corrected chi connectivity index (χ1v) is 6.48. The first kappa shape index (κ1) is 14.5. The molecule has 0 atom stereocenters. The normalized spacial score (nSPS) is 15.3. The molecule has 0 radical (unpaired) electrons. The van der Waals surface area contributed by atoms with Crippen molar-refractivity contribution < 1.29 is 9.53 Å². The van der Waals surface area contributed by atoms with Crippen LogP contribution in [0.15, 0.2) is 6.07 Å². The lowest BCUT2D eigenvalue weighted by atomic mass is 10.3. The molecule has 3 N–H and O–H groups in total. The fourth-order valence-corrected chi connectivity index (χ4v) is 2.16. The van der Waals surface area contributed by atoms with Crippen LogP contribution in [0.3, 0.4) is 0 Å². The van der Waals surface area contributed by atoms with Crippen molar-refractivity contribution in [2.75, 3.05) is 43.6 Å². The fraction of sp³-hybridized carbons (Fsp3) is 0.583. The van der Waals surface area contributed by atoms with Crippen LogP contribution in [-0.4, -0.2) is 54.1 Å². The zero-order chi connectivity index (χ0) is 14.5. The summed E-state index contributed by atoms with van der Waals surface area (Å²) in [4.78, 5) is 23.9. The zero-order valence-electron chi connectivity index (χ0n) is 11.8. The molecule has 8 nitrogen and oxygen atoms in total. The molecule has 0 bridgehead atoms.